The Bertz CT molecular complexity index is 1890. The zero-order chi connectivity index (χ0) is 31.8. The Morgan fingerprint density at radius 1 is 1.14 bits per heavy atom. The van der Waals surface area contributed by atoms with Gasteiger partial charge in [0.15, 0.2) is 5.69 Å². The number of amides is 1. The molecule has 0 aliphatic carbocycles. The first-order valence-corrected chi connectivity index (χ1v) is 16.2. The van der Waals surface area contributed by atoms with Crippen LogP contribution in [0.1, 0.15) is 59.0 Å². The predicted octanol–water partition coefficient (Wildman–Crippen LogP) is 3.34. The van der Waals surface area contributed by atoms with E-state index in [1.54, 1.807) is 37.2 Å². The molecule has 0 radical (unpaired) electrons. The molecule has 4 heterocycles. The number of aryl methyl sites for hydroxylation is 1. The van der Waals surface area contributed by atoms with Crippen molar-refractivity contribution in [1.82, 2.24) is 29.2 Å². The second-order valence-electron chi connectivity index (χ2n) is 10.9. The summed E-state index contributed by atoms with van der Waals surface area (Å²) in [5, 5.41) is 3.74. The largest absolute Gasteiger partial charge is 0.480 e. The molecule has 5 rings (SSSR count). The second kappa shape index (κ2) is 12.4. The molecule has 4 aromatic rings. The van der Waals surface area contributed by atoms with Crippen LogP contribution in [-0.2, 0) is 17.1 Å². The van der Waals surface area contributed by atoms with Crippen molar-refractivity contribution in [3.8, 4) is 5.88 Å². The molecule has 232 valence electrons. The highest BCUT2D eigenvalue weighted by Crippen LogP contribution is 2.32. The third-order valence-corrected chi connectivity index (χ3v) is 8.34. The zero-order valence-electron chi connectivity index (χ0n) is 25.0. The number of nitrogens with one attached hydrogen (secondary N) is 2. The molecule has 0 bridgehead atoms. The van der Waals surface area contributed by atoms with Crippen LogP contribution in [0.25, 0.3) is 10.9 Å². The van der Waals surface area contributed by atoms with Crippen LogP contribution in [0.2, 0.25) is 5.15 Å². The van der Waals surface area contributed by atoms with E-state index in [2.05, 4.69) is 25.2 Å². The van der Waals surface area contributed by atoms with Gasteiger partial charge in [0.25, 0.3) is 11.5 Å². The van der Waals surface area contributed by atoms with E-state index in [9.17, 15) is 18.0 Å². The number of methoxy groups -OCH3 is 1. The van der Waals surface area contributed by atoms with Crippen LogP contribution >= 0.6 is 11.6 Å². The highest BCUT2D eigenvalue weighted by Gasteiger charge is 2.26. The number of carbonyl (C=O) groups excluding carboxylic acids is 1. The monoisotopic (exact) mass is 640 g/mol. The van der Waals surface area contributed by atoms with Crippen molar-refractivity contribution in [2.75, 3.05) is 36.7 Å². The lowest BCUT2D eigenvalue weighted by Crippen LogP contribution is -2.38. The van der Waals surface area contributed by atoms with E-state index in [0.717, 1.165) is 35.9 Å². The number of pyridine rings is 1. The van der Waals surface area contributed by atoms with Gasteiger partial charge >= 0.3 is 0 Å². The van der Waals surface area contributed by atoms with Gasteiger partial charge in [-0.2, -0.15) is 0 Å². The predicted molar refractivity (Wildman–Crippen MR) is 168 cm³/mol. The van der Waals surface area contributed by atoms with Gasteiger partial charge in [-0.05, 0) is 50.5 Å². The van der Waals surface area contributed by atoms with Gasteiger partial charge < -0.3 is 15.0 Å². The minimum Gasteiger partial charge on any atom is -0.480 e. The Balaban J connectivity index is 1.46. The van der Waals surface area contributed by atoms with E-state index < -0.39 is 22.0 Å². The standard InChI is InChI=1S/C29H33ClN8O5S/c1-16-12-19(17(2)33-21-6-7-23(30)34-26(21)27(39)36-44(5,41)42)25-20(13-16)28(40)37(3)29(35-25)38-10-8-18(9-11-38)22-14-32-24(43-4)15-31-22/h6-7,12-15,17-18,33H,8-11H2,1-5H3,(H,36,39)/t17-/m1/s1. The number of anilines is 2. The molecule has 44 heavy (non-hydrogen) atoms. The quantitative estimate of drug-likeness (QED) is 0.272. The number of nitrogens with zero attached hydrogens (tertiary/aromatic N) is 6. The first kappa shape index (κ1) is 31.1. The normalized spacial score (nSPS) is 14.8. The Morgan fingerprint density at radius 3 is 2.50 bits per heavy atom. The van der Waals surface area contributed by atoms with E-state index in [1.807, 2.05) is 30.7 Å². The Labute approximate surface area is 259 Å². The van der Waals surface area contributed by atoms with E-state index in [-0.39, 0.29) is 28.0 Å². The molecule has 3 aromatic heterocycles. The minimum absolute atomic E-state index is 0.0282. The molecule has 1 saturated heterocycles. The molecule has 13 nitrogen and oxygen atoms in total. The Hall–Kier alpha value is -4.30. The van der Waals surface area contributed by atoms with E-state index in [4.69, 9.17) is 21.3 Å². The number of ether oxygens (including phenoxy) is 1. The van der Waals surface area contributed by atoms with Crippen molar-refractivity contribution in [3.63, 3.8) is 0 Å². The number of hydrogen-bond donors (Lipinski definition) is 2. The summed E-state index contributed by atoms with van der Waals surface area (Å²) in [7, 11) is -0.559. The number of rotatable bonds is 8. The highest BCUT2D eigenvalue weighted by molar-refractivity contribution is 7.89. The van der Waals surface area contributed by atoms with Crippen LogP contribution in [0.15, 0.2) is 41.5 Å². The fourth-order valence-corrected chi connectivity index (χ4v) is 6.01. The van der Waals surface area contributed by atoms with E-state index in [1.165, 1.54) is 6.07 Å². The summed E-state index contributed by atoms with van der Waals surface area (Å²) >= 11 is 6.03. The van der Waals surface area contributed by atoms with Gasteiger partial charge in [-0.3, -0.25) is 19.1 Å². The third-order valence-electron chi connectivity index (χ3n) is 7.58. The molecular formula is C29H33ClN8O5S. The van der Waals surface area contributed by atoms with Crippen molar-refractivity contribution in [2.24, 2.45) is 7.05 Å². The van der Waals surface area contributed by atoms with Gasteiger partial charge in [-0.1, -0.05) is 17.7 Å². The number of aromatic nitrogens is 5. The average molecular weight is 641 g/mol. The summed E-state index contributed by atoms with van der Waals surface area (Å²) in [6.07, 6.45) is 5.88. The highest BCUT2D eigenvalue weighted by atomic mass is 35.5. The lowest BCUT2D eigenvalue weighted by atomic mass is 9.94. The second-order valence-corrected chi connectivity index (χ2v) is 13.0. The first-order chi connectivity index (χ1) is 20.8. The Kier molecular flexibility index (Phi) is 8.75. The summed E-state index contributed by atoms with van der Waals surface area (Å²) in [4.78, 5) is 46.4. The van der Waals surface area contributed by atoms with Crippen LogP contribution in [0.5, 0.6) is 5.88 Å². The van der Waals surface area contributed by atoms with Crippen molar-refractivity contribution in [1.29, 1.82) is 0 Å². The van der Waals surface area contributed by atoms with Crippen molar-refractivity contribution in [3.05, 3.63) is 74.7 Å². The topological polar surface area (TPSA) is 161 Å². The van der Waals surface area contributed by atoms with Gasteiger partial charge in [0.05, 0.1) is 54.1 Å². The van der Waals surface area contributed by atoms with Crippen LogP contribution in [0.4, 0.5) is 11.6 Å². The number of fused-ring (bicyclic) bond motifs is 1. The van der Waals surface area contributed by atoms with Gasteiger partial charge in [-0.15, -0.1) is 0 Å². The molecule has 0 saturated carbocycles. The van der Waals surface area contributed by atoms with Crippen LogP contribution in [0.3, 0.4) is 0 Å². The fraction of sp³-hybridized carbons (Fsp3) is 0.379. The number of sulfonamides is 1. The number of benzene rings is 1. The van der Waals surface area contributed by atoms with Crippen molar-refractivity contribution < 1.29 is 17.9 Å². The molecule has 1 aromatic carbocycles. The first-order valence-electron chi connectivity index (χ1n) is 13.9. The molecule has 1 atom stereocenters. The average Bonchev–Trinajstić information content (AvgIpc) is 2.99. The summed E-state index contributed by atoms with van der Waals surface area (Å²) in [5.74, 6) is 0.334. The molecule has 1 fully saturated rings. The van der Waals surface area contributed by atoms with E-state index in [0.29, 0.717) is 35.8 Å². The fourth-order valence-electron chi connectivity index (χ4n) is 5.42. The van der Waals surface area contributed by atoms with Crippen molar-refractivity contribution in [2.45, 2.75) is 38.6 Å². The van der Waals surface area contributed by atoms with E-state index >= 15 is 0 Å². The molecule has 15 heteroatoms. The summed E-state index contributed by atoms with van der Waals surface area (Å²) in [6.45, 7) is 5.11. The lowest BCUT2D eigenvalue weighted by Gasteiger charge is -2.33. The van der Waals surface area contributed by atoms with Gasteiger partial charge in [0.1, 0.15) is 5.15 Å². The zero-order valence-corrected chi connectivity index (χ0v) is 26.5. The number of halogens is 1. The molecule has 1 amide bonds. The maximum Gasteiger partial charge on any atom is 0.285 e. The SMILES string of the molecule is COc1cnc(C2CCN(c3nc4c([C@@H](C)Nc5ccc(Cl)nc5C(=O)NS(C)(=O)=O)cc(C)cc4c(=O)n3C)CC2)cn1. The smallest absolute Gasteiger partial charge is 0.285 e. The summed E-state index contributed by atoms with van der Waals surface area (Å²) < 4.78 is 32.0. The lowest BCUT2D eigenvalue weighted by molar-refractivity contribution is 0.0977. The van der Waals surface area contributed by atoms with Crippen LogP contribution in [0, 0.1) is 6.92 Å². The Morgan fingerprint density at radius 2 is 1.86 bits per heavy atom. The van der Waals surface area contributed by atoms with Crippen LogP contribution < -0.4 is 25.2 Å². The molecule has 1 aliphatic heterocycles. The number of piperidine rings is 1. The number of carbonyl (C=O) groups is 1. The number of hydrogen-bond acceptors (Lipinski definition) is 11. The molecule has 0 unspecified atom stereocenters. The summed E-state index contributed by atoms with van der Waals surface area (Å²) in [5.41, 5.74) is 2.94. The maximum atomic E-state index is 13.6. The van der Waals surface area contributed by atoms with Crippen molar-refractivity contribution >= 4 is 50.1 Å². The summed E-state index contributed by atoms with van der Waals surface area (Å²) in [6, 6.07) is 6.33. The minimum atomic E-state index is -3.84. The molecular weight excluding hydrogens is 608 g/mol. The van der Waals surface area contributed by atoms with Gasteiger partial charge in [0.2, 0.25) is 21.9 Å². The molecule has 0 spiro atoms. The van der Waals surface area contributed by atoms with Crippen LogP contribution in [-0.4, -0.2) is 65.3 Å². The maximum absolute atomic E-state index is 13.6. The molecule has 2 N–H and O–H groups in total. The van der Waals surface area contributed by atoms with Gasteiger partial charge in [-0.25, -0.2) is 28.1 Å². The van der Waals surface area contributed by atoms with Gasteiger partial charge in [0, 0.05) is 31.6 Å². The third kappa shape index (κ3) is 6.60. The molecule has 1 aliphatic rings.